The molecule has 0 amide bonds. The van der Waals surface area contributed by atoms with Gasteiger partial charge in [0.2, 0.25) is 17.4 Å². The lowest BCUT2D eigenvalue weighted by molar-refractivity contribution is -0.349. The van der Waals surface area contributed by atoms with Crippen molar-refractivity contribution in [3.63, 3.8) is 0 Å². The van der Waals surface area contributed by atoms with Gasteiger partial charge in [0.05, 0.1) is 32.0 Å². The van der Waals surface area contributed by atoms with E-state index >= 15 is 0 Å². The van der Waals surface area contributed by atoms with Gasteiger partial charge in [0.1, 0.15) is 11.6 Å². The van der Waals surface area contributed by atoms with Gasteiger partial charge in [-0.2, -0.15) is 4.98 Å². The summed E-state index contributed by atoms with van der Waals surface area (Å²) in [4.78, 5) is 17.7. The van der Waals surface area contributed by atoms with Crippen molar-refractivity contribution in [1.29, 1.82) is 0 Å². The van der Waals surface area contributed by atoms with E-state index in [2.05, 4.69) is 35.5 Å². The standard InChI is InChI=1S/C21H19F2N7O/c22-13-3-1-5-15(11-13)24-20-26-17-18(27-20)28-21(25-16-6-2-4-14(23)12-16)29-19(17)30-7-9-31-10-8-30/h1-6,11-12H,7-10H2,(H3,24,25,26,27,28,29)/p+1. The van der Waals surface area contributed by atoms with Gasteiger partial charge in [-0.1, -0.05) is 17.1 Å². The number of hydrogen-bond donors (Lipinski definition) is 3. The van der Waals surface area contributed by atoms with Crippen molar-refractivity contribution >= 4 is 40.3 Å². The van der Waals surface area contributed by atoms with Crippen molar-refractivity contribution < 1.29 is 18.5 Å². The molecule has 0 unspecified atom stereocenters. The lowest BCUT2D eigenvalue weighted by Crippen LogP contribution is -2.40. The summed E-state index contributed by atoms with van der Waals surface area (Å²) in [7, 11) is 0. The molecule has 1 fully saturated rings. The third-order valence-electron chi connectivity index (χ3n) is 4.88. The van der Waals surface area contributed by atoms with Gasteiger partial charge in [0.25, 0.3) is 0 Å². The molecule has 2 aromatic carbocycles. The number of anilines is 5. The molecule has 1 aliphatic heterocycles. The van der Waals surface area contributed by atoms with E-state index in [1.54, 1.807) is 24.3 Å². The zero-order valence-electron chi connectivity index (χ0n) is 16.5. The molecule has 8 nitrogen and oxygen atoms in total. The number of ether oxygens (including phenoxy) is 1. The number of halogens is 2. The molecule has 0 radical (unpaired) electrons. The van der Waals surface area contributed by atoms with Gasteiger partial charge < -0.3 is 19.9 Å². The van der Waals surface area contributed by atoms with E-state index in [1.807, 2.05) is 0 Å². The molecule has 10 heteroatoms. The molecule has 0 spiro atoms. The second-order valence-electron chi connectivity index (χ2n) is 7.09. The van der Waals surface area contributed by atoms with Crippen LogP contribution in [-0.2, 0) is 4.74 Å². The predicted octanol–water partition coefficient (Wildman–Crippen LogP) is 3.37. The van der Waals surface area contributed by atoms with Crippen molar-refractivity contribution in [2.24, 2.45) is 0 Å². The van der Waals surface area contributed by atoms with Crippen molar-refractivity contribution in [1.82, 2.24) is 15.0 Å². The van der Waals surface area contributed by atoms with Gasteiger partial charge in [-0.05, 0) is 30.3 Å². The summed E-state index contributed by atoms with van der Waals surface area (Å²) in [6.45, 7) is 2.60. The summed E-state index contributed by atoms with van der Waals surface area (Å²) in [5, 5.41) is 6.16. The highest BCUT2D eigenvalue weighted by atomic mass is 19.1. The van der Waals surface area contributed by atoms with Crippen LogP contribution in [0, 0.1) is 11.6 Å². The van der Waals surface area contributed by atoms with E-state index < -0.39 is 0 Å². The summed E-state index contributed by atoms with van der Waals surface area (Å²) >= 11 is 0. The molecule has 5 rings (SSSR count). The van der Waals surface area contributed by atoms with Crippen LogP contribution in [0.25, 0.3) is 11.2 Å². The average molecular weight is 424 g/mol. The van der Waals surface area contributed by atoms with Crippen LogP contribution in [0.4, 0.5) is 37.9 Å². The first-order valence-corrected chi connectivity index (χ1v) is 9.85. The Morgan fingerprint density at radius 3 is 2.29 bits per heavy atom. The number of aromatic nitrogens is 4. The van der Waals surface area contributed by atoms with E-state index in [1.165, 1.54) is 24.3 Å². The first-order chi connectivity index (χ1) is 15.1. The minimum absolute atomic E-state index is 0.344. The average Bonchev–Trinajstić information content (AvgIpc) is 3.16. The maximum atomic E-state index is 13.6. The predicted molar refractivity (Wildman–Crippen MR) is 113 cm³/mol. The van der Waals surface area contributed by atoms with E-state index in [4.69, 9.17) is 4.74 Å². The SMILES string of the molecule is Fc1cccc(Nc2nc3nc(Nc4cccc(F)c4)[nH+]c(N4CCOCC4)c3[nH]2)c1. The lowest BCUT2D eigenvalue weighted by Gasteiger charge is -2.24. The number of rotatable bonds is 5. The molecule has 0 aliphatic carbocycles. The normalized spacial score (nSPS) is 14.1. The van der Waals surface area contributed by atoms with Crippen molar-refractivity contribution in [2.45, 2.75) is 0 Å². The number of H-pyrrole nitrogens is 2. The minimum atomic E-state index is -0.346. The van der Waals surface area contributed by atoms with Gasteiger partial charge >= 0.3 is 5.95 Å². The monoisotopic (exact) mass is 424 g/mol. The van der Waals surface area contributed by atoms with Gasteiger partial charge in [-0.3, -0.25) is 5.32 Å². The number of nitrogens with zero attached hydrogens (tertiary/aromatic N) is 3. The Kier molecular flexibility index (Phi) is 5.04. The van der Waals surface area contributed by atoms with Gasteiger partial charge in [-0.15, -0.1) is 0 Å². The Morgan fingerprint density at radius 2 is 1.61 bits per heavy atom. The van der Waals surface area contributed by atoms with Crippen LogP contribution in [0.3, 0.4) is 0 Å². The Morgan fingerprint density at radius 1 is 0.935 bits per heavy atom. The van der Waals surface area contributed by atoms with Gasteiger partial charge in [0.15, 0.2) is 5.52 Å². The van der Waals surface area contributed by atoms with Gasteiger partial charge in [0, 0.05) is 11.8 Å². The smallest absolute Gasteiger partial charge is 0.351 e. The molecule has 0 bridgehead atoms. The van der Waals surface area contributed by atoms with Crippen molar-refractivity contribution in [3.8, 4) is 0 Å². The van der Waals surface area contributed by atoms with E-state index in [0.29, 0.717) is 60.7 Å². The van der Waals surface area contributed by atoms with Crippen LogP contribution >= 0.6 is 0 Å². The number of nitrogens with one attached hydrogen (secondary N) is 4. The van der Waals surface area contributed by atoms with Crippen LogP contribution in [0.2, 0.25) is 0 Å². The maximum Gasteiger partial charge on any atom is 0.351 e. The molecular weight excluding hydrogens is 404 g/mol. The van der Waals surface area contributed by atoms with Crippen molar-refractivity contribution in [2.75, 3.05) is 41.8 Å². The summed E-state index contributed by atoms with van der Waals surface area (Å²) in [5.41, 5.74) is 2.28. The Bertz CT molecular complexity index is 1220. The third kappa shape index (κ3) is 4.24. The molecule has 0 atom stereocenters. The first-order valence-electron chi connectivity index (χ1n) is 9.85. The number of imidazole rings is 1. The molecule has 158 valence electrons. The first kappa shape index (κ1) is 19.2. The second kappa shape index (κ2) is 8.15. The van der Waals surface area contributed by atoms with Gasteiger partial charge in [-0.25, -0.2) is 13.8 Å². The molecule has 1 saturated heterocycles. The summed E-state index contributed by atoms with van der Waals surface area (Å²) in [6.07, 6.45) is 0. The van der Waals surface area contributed by atoms with Crippen LogP contribution in [0.15, 0.2) is 48.5 Å². The van der Waals surface area contributed by atoms with E-state index in [0.717, 1.165) is 5.82 Å². The summed E-state index contributed by atoms with van der Waals surface area (Å²) in [6, 6.07) is 12.3. The lowest BCUT2D eigenvalue weighted by atomic mass is 10.3. The topological polar surface area (TPSA) is 92.2 Å². The highest BCUT2D eigenvalue weighted by Gasteiger charge is 2.24. The highest BCUT2D eigenvalue weighted by Crippen LogP contribution is 2.25. The third-order valence-corrected chi connectivity index (χ3v) is 4.88. The van der Waals surface area contributed by atoms with Crippen LogP contribution in [0.5, 0.6) is 0 Å². The fourth-order valence-corrected chi connectivity index (χ4v) is 3.47. The zero-order valence-corrected chi connectivity index (χ0v) is 16.5. The fraction of sp³-hybridized carbons (Fsp3) is 0.190. The van der Waals surface area contributed by atoms with Crippen LogP contribution in [-0.4, -0.2) is 41.3 Å². The quantitative estimate of drug-likeness (QED) is 0.455. The van der Waals surface area contributed by atoms with Crippen LogP contribution < -0.4 is 20.5 Å². The van der Waals surface area contributed by atoms with Crippen molar-refractivity contribution in [3.05, 3.63) is 60.2 Å². The summed E-state index contributed by atoms with van der Waals surface area (Å²) < 4.78 is 32.6. The summed E-state index contributed by atoms with van der Waals surface area (Å²) in [5.74, 6) is 0.943. The Hall–Kier alpha value is -3.79. The molecule has 0 saturated carbocycles. The van der Waals surface area contributed by atoms with E-state index in [9.17, 15) is 8.78 Å². The highest BCUT2D eigenvalue weighted by molar-refractivity contribution is 5.85. The molecule has 2 aromatic heterocycles. The molecule has 1 aliphatic rings. The Balaban J connectivity index is 1.53. The largest absolute Gasteiger partial charge is 0.376 e. The van der Waals surface area contributed by atoms with E-state index in [-0.39, 0.29) is 11.6 Å². The molecular formula is C21H20F2N7O+. The number of aromatic amines is 2. The number of benzene rings is 2. The fourth-order valence-electron chi connectivity index (χ4n) is 3.47. The van der Waals surface area contributed by atoms with Crippen LogP contribution in [0.1, 0.15) is 0 Å². The molecule has 4 N–H and O–H groups in total. The number of hydrogen-bond acceptors (Lipinski definition) is 6. The minimum Gasteiger partial charge on any atom is -0.376 e. The molecule has 31 heavy (non-hydrogen) atoms. The molecule has 4 aromatic rings. The Labute approximate surface area is 176 Å². The maximum absolute atomic E-state index is 13.6. The second-order valence-corrected chi connectivity index (χ2v) is 7.09. The number of morpholine rings is 1. The zero-order chi connectivity index (χ0) is 21.2. The molecule has 3 heterocycles. The number of fused-ring (bicyclic) bond motifs is 1.